The summed E-state index contributed by atoms with van der Waals surface area (Å²) >= 11 is 0. The molecule has 1 aliphatic heterocycles. The second kappa shape index (κ2) is 8.76. The van der Waals surface area contributed by atoms with Crippen LogP contribution in [-0.4, -0.2) is 12.1 Å². The van der Waals surface area contributed by atoms with Crippen LogP contribution in [0.2, 0.25) is 0 Å². The van der Waals surface area contributed by atoms with E-state index in [-0.39, 0.29) is 6.10 Å². The summed E-state index contributed by atoms with van der Waals surface area (Å²) in [6.07, 6.45) is 13.2. The first kappa shape index (κ1) is 20.1. The van der Waals surface area contributed by atoms with Crippen molar-refractivity contribution < 1.29 is 4.74 Å². The molecule has 3 heteroatoms. The van der Waals surface area contributed by atoms with Crippen LogP contribution >= 0.6 is 0 Å². The van der Waals surface area contributed by atoms with Crippen molar-refractivity contribution in [2.45, 2.75) is 58.2 Å². The smallest absolute Gasteiger partial charge is 0.125 e. The lowest BCUT2D eigenvalue weighted by molar-refractivity contribution is 0.199. The fraction of sp³-hybridized carbons (Fsp3) is 0.357. The molecule has 2 unspecified atom stereocenters. The van der Waals surface area contributed by atoms with Crippen molar-refractivity contribution in [2.24, 2.45) is 5.92 Å². The van der Waals surface area contributed by atoms with E-state index >= 15 is 0 Å². The number of hydrogen-bond donors (Lipinski definition) is 2. The van der Waals surface area contributed by atoms with E-state index in [1.165, 1.54) is 33.5 Å². The molecule has 31 heavy (non-hydrogen) atoms. The zero-order valence-corrected chi connectivity index (χ0v) is 18.5. The Morgan fingerprint density at radius 2 is 1.90 bits per heavy atom. The number of nitrogens with one attached hydrogen (secondary N) is 2. The van der Waals surface area contributed by atoms with E-state index in [1.54, 1.807) is 0 Å². The fourth-order valence-corrected chi connectivity index (χ4v) is 5.03. The number of aryl methyl sites for hydroxylation is 1. The van der Waals surface area contributed by atoms with Crippen molar-refractivity contribution in [3.05, 3.63) is 100 Å². The number of fused-ring (bicyclic) bond motifs is 1. The van der Waals surface area contributed by atoms with Gasteiger partial charge in [-0.2, -0.15) is 0 Å². The Balaban J connectivity index is 1.20. The molecule has 160 valence electrons. The summed E-state index contributed by atoms with van der Waals surface area (Å²) in [4.78, 5) is 0. The number of ether oxygens (including phenoxy) is 1. The molecule has 0 fully saturated rings. The highest BCUT2D eigenvalue weighted by Crippen LogP contribution is 2.31. The SMILES string of the molecule is Cc1cc(OC2C=CC3=C(NC=CCC3)C2C)ccc1CNC1Cc2ccccc2C1. The molecule has 0 bridgehead atoms. The molecule has 0 saturated carbocycles. The maximum absolute atomic E-state index is 6.41. The molecule has 2 atom stereocenters. The predicted molar refractivity (Wildman–Crippen MR) is 127 cm³/mol. The lowest BCUT2D eigenvalue weighted by Gasteiger charge is -2.29. The Bertz CT molecular complexity index is 1020. The van der Waals surface area contributed by atoms with Gasteiger partial charge >= 0.3 is 0 Å². The highest BCUT2D eigenvalue weighted by molar-refractivity contribution is 5.38. The third kappa shape index (κ3) is 4.33. The van der Waals surface area contributed by atoms with E-state index in [1.807, 2.05) is 0 Å². The van der Waals surface area contributed by atoms with Crippen molar-refractivity contribution in [3.8, 4) is 5.75 Å². The van der Waals surface area contributed by atoms with Crippen molar-refractivity contribution in [1.29, 1.82) is 0 Å². The van der Waals surface area contributed by atoms with Crippen LogP contribution in [0.15, 0.2) is 78.2 Å². The molecular formula is C28H32N2O. The zero-order valence-electron chi connectivity index (χ0n) is 18.5. The summed E-state index contributed by atoms with van der Waals surface area (Å²) in [6.45, 7) is 5.34. The monoisotopic (exact) mass is 412 g/mol. The molecule has 1 heterocycles. The zero-order chi connectivity index (χ0) is 21.2. The van der Waals surface area contributed by atoms with Crippen LogP contribution in [-0.2, 0) is 19.4 Å². The summed E-state index contributed by atoms with van der Waals surface area (Å²) in [5.41, 5.74) is 8.32. The maximum atomic E-state index is 6.41. The van der Waals surface area contributed by atoms with Gasteiger partial charge < -0.3 is 15.4 Å². The summed E-state index contributed by atoms with van der Waals surface area (Å²) in [5.74, 6) is 1.26. The summed E-state index contributed by atoms with van der Waals surface area (Å²) in [6, 6.07) is 15.9. The lowest BCUT2D eigenvalue weighted by atomic mass is 9.89. The summed E-state index contributed by atoms with van der Waals surface area (Å²) < 4.78 is 6.41. The van der Waals surface area contributed by atoms with Crippen molar-refractivity contribution >= 4 is 0 Å². The average molecular weight is 413 g/mol. The normalized spacial score (nSPS) is 22.6. The van der Waals surface area contributed by atoms with Crippen LogP contribution in [0.4, 0.5) is 0 Å². The standard InChI is InChI=1S/C28H32N2O/c1-19-15-26(31-27-13-11-21-7-5-6-14-29-28(21)20(27)2)12-10-24(19)18-30-25-16-22-8-3-4-9-23(22)17-25/h3-4,6,8-15,20,25,27,29-30H,5,7,16-18H2,1-2H3. The second-order valence-electron chi connectivity index (χ2n) is 9.10. The van der Waals surface area contributed by atoms with Crippen LogP contribution < -0.4 is 15.4 Å². The minimum Gasteiger partial charge on any atom is -0.486 e. The minimum absolute atomic E-state index is 0.0538. The molecule has 0 spiro atoms. The topological polar surface area (TPSA) is 33.3 Å². The fourth-order valence-electron chi connectivity index (χ4n) is 5.03. The highest BCUT2D eigenvalue weighted by Gasteiger charge is 2.26. The van der Waals surface area contributed by atoms with Crippen LogP contribution in [0.5, 0.6) is 5.75 Å². The maximum Gasteiger partial charge on any atom is 0.125 e. The third-order valence-electron chi connectivity index (χ3n) is 6.94. The highest BCUT2D eigenvalue weighted by atomic mass is 16.5. The van der Waals surface area contributed by atoms with Gasteiger partial charge in [-0.25, -0.2) is 0 Å². The number of hydrogen-bond acceptors (Lipinski definition) is 3. The molecule has 2 aromatic rings. The molecule has 2 aliphatic carbocycles. The Kier molecular flexibility index (Phi) is 5.69. The Morgan fingerprint density at radius 3 is 2.68 bits per heavy atom. The van der Waals surface area contributed by atoms with Gasteiger partial charge in [0.1, 0.15) is 11.9 Å². The molecular weight excluding hydrogens is 380 g/mol. The van der Waals surface area contributed by atoms with E-state index in [0.29, 0.717) is 12.0 Å². The first-order valence-corrected chi connectivity index (χ1v) is 11.6. The van der Waals surface area contributed by atoms with Crippen molar-refractivity contribution in [3.63, 3.8) is 0 Å². The molecule has 0 saturated heterocycles. The van der Waals surface area contributed by atoms with E-state index < -0.39 is 0 Å². The summed E-state index contributed by atoms with van der Waals surface area (Å²) in [5, 5.41) is 7.24. The third-order valence-corrected chi connectivity index (χ3v) is 6.94. The second-order valence-corrected chi connectivity index (χ2v) is 9.10. The van der Waals surface area contributed by atoms with Gasteiger partial charge in [0.05, 0.1) is 0 Å². The van der Waals surface area contributed by atoms with Gasteiger partial charge in [0.15, 0.2) is 0 Å². The first-order valence-electron chi connectivity index (χ1n) is 11.6. The Morgan fingerprint density at radius 1 is 1.10 bits per heavy atom. The van der Waals surface area contributed by atoms with Crippen molar-refractivity contribution in [1.82, 2.24) is 10.6 Å². The van der Waals surface area contributed by atoms with Crippen LogP contribution in [0, 0.1) is 12.8 Å². The van der Waals surface area contributed by atoms with Gasteiger partial charge in [-0.1, -0.05) is 49.4 Å². The van der Waals surface area contributed by atoms with E-state index in [4.69, 9.17) is 4.74 Å². The van der Waals surface area contributed by atoms with Gasteiger partial charge in [0.2, 0.25) is 0 Å². The average Bonchev–Trinajstić information content (AvgIpc) is 3.03. The summed E-state index contributed by atoms with van der Waals surface area (Å²) in [7, 11) is 0. The Hall–Kier alpha value is -2.78. The molecule has 0 aromatic heterocycles. The molecule has 0 amide bonds. The van der Waals surface area contributed by atoms with Gasteiger partial charge in [-0.15, -0.1) is 0 Å². The lowest BCUT2D eigenvalue weighted by Crippen LogP contribution is -2.31. The van der Waals surface area contributed by atoms with Crippen molar-refractivity contribution in [2.75, 3.05) is 0 Å². The number of rotatable bonds is 5. The van der Waals surface area contributed by atoms with Gasteiger partial charge in [0.25, 0.3) is 0 Å². The Labute approximate surface area is 185 Å². The quantitative estimate of drug-likeness (QED) is 0.694. The van der Waals surface area contributed by atoms with Crippen LogP contribution in [0.1, 0.15) is 42.0 Å². The van der Waals surface area contributed by atoms with E-state index in [0.717, 1.165) is 38.0 Å². The van der Waals surface area contributed by atoms with E-state index in [9.17, 15) is 0 Å². The van der Waals surface area contributed by atoms with E-state index in [2.05, 4.69) is 91.4 Å². The van der Waals surface area contributed by atoms with Gasteiger partial charge in [-0.3, -0.25) is 0 Å². The van der Waals surface area contributed by atoms with Crippen LogP contribution in [0.3, 0.4) is 0 Å². The number of allylic oxidation sites excluding steroid dienone is 3. The van der Waals surface area contributed by atoms with Crippen LogP contribution in [0.25, 0.3) is 0 Å². The number of benzene rings is 2. The first-order chi connectivity index (χ1) is 15.2. The largest absolute Gasteiger partial charge is 0.486 e. The molecule has 0 radical (unpaired) electrons. The molecule has 3 aliphatic rings. The minimum atomic E-state index is 0.0538. The van der Waals surface area contributed by atoms with Gasteiger partial charge in [-0.05, 0) is 84.8 Å². The molecule has 2 aromatic carbocycles. The molecule has 2 N–H and O–H groups in total. The predicted octanol–water partition coefficient (Wildman–Crippen LogP) is 5.36. The molecule has 5 rings (SSSR count). The molecule has 3 nitrogen and oxygen atoms in total. The van der Waals surface area contributed by atoms with Gasteiger partial charge in [0, 0.05) is 24.2 Å².